The number of hydrogen-bond donors (Lipinski definition) is 1. The van der Waals surface area contributed by atoms with E-state index in [4.69, 9.17) is 0 Å². The normalized spacial score (nSPS) is 16.9. The lowest BCUT2D eigenvalue weighted by Crippen LogP contribution is -2.37. The number of nitrogens with zero attached hydrogens (tertiary/aromatic N) is 3. The molecule has 0 aliphatic carbocycles. The molecular weight excluding hydrogens is 525 g/mol. The molecule has 1 fully saturated rings. The van der Waals surface area contributed by atoms with Gasteiger partial charge < -0.3 is 15.1 Å². The molecule has 3 heterocycles. The van der Waals surface area contributed by atoms with E-state index < -0.39 is 11.7 Å². The zero-order valence-electron chi connectivity index (χ0n) is 18.8. The number of piperidine rings is 1. The Morgan fingerprint density at radius 1 is 1.14 bits per heavy atom. The molecule has 10 heteroatoms. The van der Waals surface area contributed by atoms with Crippen molar-refractivity contribution in [2.75, 3.05) is 34.8 Å². The van der Waals surface area contributed by atoms with Crippen LogP contribution < -0.4 is 15.1 Å². The molecule has 2 aliphatic rings. The Bertz CT molecular complexity index is 1340. The van der Waals surface area contributed by atoms with Gasteiger partial charge in [0.1, 0.15) is 12.3 Å². The molecule has 1 N–H and O–H groups in total. The average molecular weight is 547 g/mol. The standard InChI is InChI=1S/C25H22BrF3N4O2/c1-14(34)15-6-8-32(9-7-15)22-5-3-17(11-19(22)25(27,28)29)33-13-23(35)31-21-12-30-20-4-2-16(26)10-18(20)24(21)33/h2-5,10-12,15H,6-9,13H2,1H3,(H,31,35). The Morgan fingerprint density at radius 3 is 2.57 bits per heavy atom. The van der Waals surface area contributed by atoms with Crippen molar-refractivity contribution in [2.24, 2.45) is 5.92 Å². The zero-order valence-corrected chi connectivity index (χ0v) is 20.4. The van der Waals surface area contributed by atoms with Crippen LogP contribution in [-0.4, -0.2) is 36.3 Å². The van der Waals surface area contributed by atoms with Crippen molar-refractivity contribution in [3.8, 4) is 0 Å². The number of pyridine rings is 1. The SMILES string of the molecule is CC(=O)C1CCN(c2ccc(N3CC(=O)Nc4cnc5ccc(Br)cc5c43)cc2C(F)(F)F)CC1. The van der Waals surface area contributed by atoms with Gasteiger partial charge in [-0.1, -0.05) is 15.9 Å². The van der Waals surface area contributed by atoms with Gasteiger partial charge in [-0.2, -0.15) is 13.2 Å². The molecule has 1 amide bonds. The molecule has 0 radical (unpaired) electrons. The number of hydrogen-bond acceptors (Lipinski definition) is 5. The third kappa shape index (κ3) is 4.47. The van der Waals surface area contributed by atoms with Crippen molar-refractivity contribution in [1.82, 2.24) is 4.98 Å². The molecule has 5 rings (SSSR count). The molecule has 1 saturated heterocycles. The number of anilines is 4. The Balaban J connectivity index is 1.59. The first-order valence-corrected chi connectivity index (χ1v) is 12.0. The van der Waals surface area contributed by atoms with Gasteiger partial charge in [0.05, 0.1) is 28.7 Å². The number of carbonyl (C=O) groups is 2. The number of halogens is 4. The van der Waals surface area contributed by atoms with E-state index in [1.807, 2.05) is 18.2 Å². The van der Waals surface area contributed by atoms with Crippen molar-refractivity contribution in [2.45, 2.75) is 25.9 Å². The van der Waals surface area contributed by atoms with Gasteiger partial charge in [0.25, 0.3) is 0 Å². The van der Waals surface area contributed by atoms with E-state index in [2.05, 4.69) is 26.2 Å². The van der Waals surface area contributed by atoms with E-state index in [1.165, 1.54) is 19.2 Å². The quantitative estimate of drug-likeness (QED) is 0.442. The van der Waals surface area contributed by atoms with Gasteiger partial charge in [-0.15, -0.1) is 0 Å². The highest BCUT2D eigenvalue weighted by atomic mass is 79.9. The number of carbonyl (C=O) groups excluding carboxylic acids is 2. The lowest BCUT2D eigenvalue weighted by atomic mass is 9.92. The highest BCUT2D eigenvalue weighted by molar-refractivity contribution is 9.10. The third-order valence-electron chi connectivity index (χ3n) is 6.66. The maximum absolute atomic E-state index is 14.2. The topological polar surface area (TPSA) is 65.5 Å². The first-order valence-electron chi connectivity index (χ1n) is 11.2. The van der Waals surface area contributed by atoms with Crippen LogP contribution in [0.3, 0.4) is 0 Å². The van der Waals surface area contributed by atoms with Gasteiger partial charge in [-0.3, -0.25) is 14.6 Å². The number of amides is 1. The van der Waals surface area contributed by atoms with E-state index in [0.717, 1.165) is 10.5 Å². The molecule has 6 nitrogen and oxygen atoms in total. The van der Waals surface area contributed by atoms with Crippen LogP contribution >= 0.6 is 15.9 Å². The zero-order chi connectivity index (χ0) is 24.9. The monoisotopic (exact) mass is 546 g/mol. The fraction of sp³-hybridized carbons (Fsp3) is 0.320. The number of aromatic nitrogens is 1. The molecule has 0 spiro atoms. The molecular formula is C25H22BrF3N4O2. The van der Waals surface area contributed by atoms with Crippen LogP contribution in [0.5, 0.6) is 0 Å². The minimum Gasteiger partial charge on any atom is -0.371 e. The second-order valence-corrected chi connectivity index (χ2v) is 9.80. The van der Waals surface area contributed by atoms with Crippen LogP contribution in [0.4, 0.5) is 35.9 Å². The van der Waals surface area contributed by atoms with Crippen molar-refractivity contribution in [3.05, 3.63) is 52.6 Å². The van der Waals surface area contributed by atoms with E-state index in [9.17, 15) is 22.8 Å². The summed E-state index contributed by atoms with van der Waals surface area (Å²) in [6, 6.07) is 9.68. The Kier molecular flexibility index (Phi) is 5.94. The number of benzene rings is 2. The predicted octanol–water partition coefficient (Wildman–Crippen LogP) is 5.91. The summed E-state index contributed by atoms with van der Waals surface area (Å²) in [7, 11) is 0. The minimum absolute atomic E-state index is 0.0754. The Labute approximate surface area is 208 Å². The van der Waals surface area contributed by atoms with Gasteiger partial charge >= 0.3 is 6.18 Å². The maximum Gasteiger partial charge on any atom is 0.418 e. The van der Waals surface area contributed by atoms with Crippen LogP contribution in [0, 0.1) is 5.92 Å². The fourth-order valence-corrected chi connectivity index (χ4v) is 5.25. The van der Waals surface area contributed by atoms with E-state index in [0.29, 0.717) is 48.2 Å². The number of alkyl halides is 3. The number of Topliss-reactive ketones (excluding diaryl/α,β-unsaturated/α-hetero) is 1. The fourth-order valence-electron chi connectivity index (χ4n) is 4.89. The van der Waals surface area contributed by atoms with E-state index >= 15 is 0 Å². The summed E-state index contributed by atoms with van der Waals surface area (Å²) < 4.78 is 43.5. The first-order chi connectivity index (χ1) is 16.6. The van der Waals surface area contributed by atoms with Crippen molar-refractivity contribution in [3.63, 3.8) is 0 Å². The van der Waals surface area contributed by atoms with Crippen LogP contribution in [0.2, 0.25) is 0 Å². The summed E-state index contributed by atoms with van der Waals surface area (Å²) in [5.74, 6) is -0.367. The molecule has 0 saturated carbocycles. The average Bonchev–Trinajstić information content (AvgIpc) is 2.82. The molecule has 0 bridgehead atoms. The molecule has 0 atom stereocenters. The van der Waals surface area contributed by atoms with Gasteiger partial charge in [-0.05, 0) is 56.2 Å². The maximum atomic E-state index is 14.2. The highest BCUT2D eigenvalue weighted by Crippen LogP contribution is 2.45. The van der Waals surface area contributed by atoms with Crippen LogP contribution in [0.1, 0.15) is 25.3 Å². The lowest BCUT2D eigenvalue weighted by Gasteiger charge is -2.36. The number of ketones is 1. The summed E-state index contributed by atoms with van der Waals surface area (Å²) in [5, 5.41) is 3.49. The second kappa shape index (κ2) is 8.82. The number of rotatable bonds is 3. The third-order valence-corrected chi connectivity index (χ3v) is 7.15. The predicted molar refractivity (Wildman–Crippen MR) is 132 cm³/mol. The molecule has 3 aromatic rings. The summed E-state index contributed by atoms with van der Waals surface area (Å²) in [6.45, 7) is 2.16. The summed E-state index contributed by atoms with van der Waals surface area (Å²) in [6.07, 6.45) is -2.01. The number of fused-ring (bicyclic) bond motifs is 3. The second-order valence-electron chi connectivity index (χ2n) is 8.89. The summed E-state index contributed by atoms with van der Waals surface area (Å²) >= 11 is 3.44. The van der Waals surface area contributed by atoms with Crippen LogP contribution in [0.15, 0.2) is 47.1 Å². The van der Waals surface area contributed by atoms with Gasteiger partial charge in [0.15, 0.2) is 0 Å². The largest absolute Gasteiger partial charge is 0.418 e. The molecule has 0 unspecified atom stereocenters. The van der Waals surface area contributed by atoms with E-state index in [1.54, 1.807) is 15.9 Å². The number of nitrogens with one attached hydrogen (secondary N) is 1. The lowest BCUT2D eigenvalue weighted by molar-refractivity contribution is -0.137. The molecule has 2 aliphatic heterocycles. The molecule has 182 valence electrons. The van der Waals surface area contributed by atoms with Crippen molar-refractivity contribution < 1.29 is 22.8 Å². The Hall–Kier alpha value is -3.14. The highest BCUT2D eigenvalue weighted by Gasteiger charge is 2.37. The Morgan fingerprint density at radius 2 is 1.89 bits per heavy atom. The smallest absolute Gasteiger partial charge is 0.371 e. The summed E-state index contributed by atoms with van der Waals surface area (Å²) in [5.41, 5.74) is 1.29. The minimum atomic E-state index is -4.59. The van der Waals surface area contributed by atoms with Crippen LogP contribution in [-0.2, 0) is 15.8 Å². The van der Waals surface area contributed by atoms with Gasteiger partial charge in [-0.25, -0.2) is 0 Å². The van der Waals surface area contributed by atoms with Crippen molar-refractivity contribution >= 4 is 61.3 Å². The first kappa shape index (κ1) is 23.6. The van der Waals surface area contributed by atoms with Crippen molar-refractivity contribution in [1.29, 1.82) is 0 Å². The van der Waals surface area contributed by atoms with Crippen LogP contribution in [0.25, 0.3) is 10.9 Å². The molecule has 35 heavy (non-hydrogen) atoms. The van der Waals surface area contributed by atoms with E-state index in [-0.39, 0.29) is 35.5 Å². The van der Waals surface area contributed by atoms with Gasteiger partial charge in [0.2, 0.25) is 5.91 Å². The summed E-state index contributed by atoms with van der Waals surface area (Å²) in [4.78, 5) is 31.8. The molecule has 1 aromatic heterocycles. The van der Waals surface area contributed by atoms with Gasteiger partial charge in [0, 0.05) is 40.2 Å². The molecule has 2 aromatic carbocycles.